The number of nitrogens with one attached hydrogen (secondary N) is 2. The molecule has 0 saturated carbocycles. The first-order chi connectivity index (χ1) is 12.6. The van der Waals surface area contributed by atoms with Crippen molar-refractivity contribution in [3.05, 3.63) is 24.3 Å². The van der Waals surface area contributed by atoms with Crippen molar-refractivity contribution < 1.29 is 28.2 Å². The van der Waals surface area contributed by atoms with Crippen LogP contribution >= 0.6 is 0 Å². The number of rotatable bonds is 6. The molecule has 4 N–H and O–H groups in total. The summed E-state index contributed by atoms with van der Waals surface area (Å²) >= 11 is 0. The molecule has 10 heteroatoms. The third kappa shape index (κ3) is 5.65. The summed E-state index contributed by atoms with van der Waals surface area (Å²) in [6, 6.07) is 5.05. The Morgan fingerprint density at radius 3 is 2.19 bits per heavy atom. The predicted molar refractivity (Wildman–Crippen MR) is 98.9 cm³/mol. The van der Waals surface area contributed by atoms with Crippen molar-refractivity contribution in [2.75, 3.05) is 25.0 Å². The number of aliphatic carboxylic acids is 1. The van der Waals surface area contributed by atoms with Crippen LogP contribution in [0.5, 0.6) is 0 Å². The van der Waals surface area contributed by atoms with Crippen LogP contribution in [0.15, 0.2) is 29.2 Å². The first-order valence-electron chi connectivity index (χ1n) is 8.74. The Morgan fingerprint density at radius 1 is 1.11 bits per heavy atom. The second kappa shape index (κ2) is 8.68. The Labute approximate surface area is 158 Å². The molecule has 0 bridgehead atoms. The van der Waals surface area contributed by atoms with E-state index < -0.39 is 34.2 Å². The van der Waals surface area contributed by atoms with Crippen molar-refractivity contribution >= 4 is 27.7 Å². The van der Waals surface area contributed by atoms with Crippen molar-refractivity contribution in [1.29, 1.82) is 0 Å². The normalized spacial score (nSPS) is 18.1. The van der Waals surface area contributed by atoms with Crippen LogP contribution in [0.1, 0.15) is 32.6 Å². The monoisotopic (exact) mass is 399 g/mol. The molecule has 1 unspecified atom stereocenters. The standard InChI is InChI=1S/C17H25N3O6S/c1-17(24,15(21)22)12-18-16(23)19-13-6-8-14(9-7-13)27(25,26)20-10-4-2-3-5-11-20/h6-9,24H,2-5,10-12H2,1H3,(H,21,22)(H2,18,19,23). The molecule has 1 aliphatic rings. The van der Waals surface area contributed by atoms with E-state index in [2.05, 4.69) is 10.6 Å². The highest BCUT2D eigenvalue weighted by molar-refractivity contribution is 7.89. The zero-order valence-electron chi connectivity index (χ0n) is 15.1. The van der Waals surface area contributed by atoms with Crippen LogP contribution in [0.3, 0.4) is 0 Å². The fourth-order valence-corrected chi connectivity index (χ4v) is 4.16. The zero-order valence-corrected chi connectivity index (χ0v) is 16.0. The third-order valence-electron chi connectivity index (χ3n) is 4.37. The molecular weight excluding hydrogens is 374 g/mol. The third-order valence-corrected chi connectivity index (χ3v) is 6.28. The lowest BCUT2D eigenvalue weighted by atomic mass is 10.1. The van der Waals surface area contributed by atoms with Crippen LogP contribution in [0.25, 0.3) is 0 Å². The molecule has 1 heterocycles. The van der Waals surface area contributed by atoms with Crippen molar-refractivity contribution in [1.82, 2.24) is 9.62 Å². The summed E-state index contributed by atoms with van der Waals surface area (Å²) in [5.41, 5.74) is -1.74. The van der Waals surface area contributed by atoms with E-state index >= 15 is 0 Å². The average Bonchev–Trinajstić information content (AvgIpc) is 2.90. The van der Waals surface area contributed by atoms with E-state index in [1.54, 1.807) is 0 Å². The first kappa shape index (κ1) is 21.1. The fraction of sp³-hybridized carbons (Fsp3) is 0.529. The van der Waals surface area contributed by atoms with Crippen LogP contribution in [0.4, 0.5) is 10.5 Å². The number of aliphatic hydroxyl groups is 1. The van der Waals surface area contributed by atoms with E-state index in [1.807, 2.05) is 0 Å². The van der Waals surface area contributed by atoms with E-state index in [4.69, 9.17) is 5.11 Å². The highest BCUT2D eigenvalue weighted by Gasteiger charge is 2.30. The summed E-state index contributed by atoms with van der Waals surface area (Å²) in [6.45, 7) is 1.61. The first-order valence-corrected chi connectivity index (χ1v) is 10.2. The van der Waals surface area contributed by atoms with Crippen molar-refractivity contribution in [2.45, 2.75) is 43.1 Å². The molecule has 9 nitrogen and oxygen atoms in total. The Bertz CT molecular complexity index is 768. The molecule has 1 fully saturated rings. The quantitative estimate of drug-likeness (QED) is 0.568. The van der Waals surface area contributed by atoms with Crippen molar-refractivity contribution in [2.24, 2.45) is 0 Å². The van der Waals surface area contributed by atoms with Gasteiger partial charge in [-0.1, -0.05) is 12.8 Å². The van der Waals surface area contributed by atoms with Gasteiger partial charge in [0.2, 0.25) is 10.0 Å². The molecule has 1 saturated heterocycles. The maximum Gasteiger partial charge on any atom is 0.337 e. The van der Waals surface area contributed by atoms with Crippen LogP contribution in [-0.4, -0.2) is 60.2 Å². The molecule has 0 aliphatic carbocycles. The zero-order chi connectivity index (χ0) is 20.1. The van der Waals surface area contributed by atoms with Crippen LogP contribution < -0.4 is 10.6 Å². The van der Waals surface area contributed by atoms with Gasteiger partial charge in [0, 0.05) is 18.8 Å². The maximum absolute atomic E-state index is 12.7. The number of nitrogens with zero attached hydrogens (tertiary/aromatic N) is 1. The lowest BCUT2D eigenvalue weighted by molar-refractivity contribution is -0.155. The Balaban J connectivity index is 1.98. The van der Waals surface area contributed by atoms with Gasteiger partial charge >= 0.3 is 12.0 Å². The van der Waals surface area contributed by atoms with Gasteiger partial charge in [0.25, 0.3) is 0 Å². The second-order valence-corrected chi connectivity index (χ2v) is 8.67. The smallest absolute Gasteiger partial charge is 0.337 e. The number of hydrogen-bond donors (Lipinski definition) is 4. The number of anilines is 1. The van der Waals surface area contributed by atoms with Gasteiger partial charge in [-0.25, -0.2) is 18.0 Å². The average molecular weight is 399 g/mol. The van der Waals surface area contributed by atoms with Crippen molar-refractivity contribution in [3.8, 4) is 0 Å². The Kier molecular flexibility index (Phi) is 6.79. The van der Waals surface area contributed by atoms with E-state index in [1.165, 1.54) is 28.6 Å². The fourth-order valence-electron chi connectivity index (χ4n) is 2.64. The second-order valence-electron chi connectivity index (χ2n) is 6.73. The Morgan fingerprint density at radius 2 is 1.67 bits per heavy atom. The number of amides is 2. The topological polar surface area (TPSA) is 136 Å². The summed E-state index contributed by atoms with van der Waals surface area (Å²) in [6.07, 6.45) is 3.75. The Hall–Kier alpha value is -2.17. The van der Waals surface area contributed by atoms with Gasteiger partial charge in [0.05, 0.1) is 11.4 Å². The lowest BCUT2D eigenvalue weighted by Crippen LogP contribution is -2.47. The summed E-state index contributed by atoms with van der Waals surface area (Å²) in [7, 11) is -3.56. The van der Waals surface area contributed by atoms with Gasteiger partial charge in [-0.3, -0.25) is 0 Å². The van der Waals surface area contributed by atoms with Crippen LogP contribution in [0, 0.1) is 0 Å². The minimum Gasteiger partial charge on any atom is -0.479 e. The van der Waals surface area contributed by atoms with Gasteiger partial charge in [-0.15, -0.1) is 0 Å². The molecule has 1 aromatic carbocycles. The minimum atomic E-state index is -3.56. The summed E-state index contributed by atoms with van der Waals surface area (Å²) in [5, 5.41) is 23.1. The lowest BCUT2D eigenvalue weighted by Gasteiger charge is -2.20. The van der Waals surface area contributed by atoms with Crippen molar-refractivity contribution in [3.63, 3.8) is 0 Å². The van der Waals surface area contributed by atoms with Gasteiger partial charge in [-0.05, 0) is 44.0 Å². The molecule has 2 amide bonds. The largest absolute Gasteiger partial charge is 0.479 e. The van der Waals surface area contributed by atoms with Gasteiger partial charge in [-0.2, -0.15) is 4.31 Å². The molecule has 2 rings (SSSR count). The molecule has 1 aliphatic heterocycles. The maximum atomic E-state index is 12.7. The minimum absolute atomic E-state index is 0.157. The number of benzene rings is 1. The number of carboxylic acids is 1. The van der Waals surface area contributed by atoms with E-state index in [0.717, 1.165) is 32.6 Å². The number of urea groups is 1. The highest BCUT2D eigenvalue weighted by atomic mass is 32.2. The van der Waals surface area contributed by atoms with Gasteiger partial charge < -0.3 is 20.8 Å². The van der Waals surface area contributed by atoms with E-state index in [0.29, 0.717) is 18.8 Å². The summed E-state index contributed by atoms with van der Waals surface area (Å²) in [5.74, 6) is -1.45. The molecule has 27 heavy (non-hydrogen) atoms. The van der Waals surface area contributed by atoms with E-state index in [9.17, 15) is 23.1 Å². The molecule has 0 aromatic heterocycles. The van der Waals surface area contributed by atoms with Crippen LogP contribution in [-0.2, 0) is 14.8 Å². The molecule has 1 atom stereocenters. The molecular formula is C17H25N3O6S. The highest BCUT2D eigenvalue weighted by Crippen LogP contribution is 2.21. The SMILES string of the molecule is CC(O)(CNC(=O)Nc1ccc(S(=O)(=O)N2CCCCCC2)cc1)C(=O)O. The van der Waals surface area contributed by atoms with Gasteiger partial charge in [0.1, 0.15) is 0 Å². The number of carboxylic acid groups (broad SMARTS) is 1. The summed E-state index contributed by atoms with van der Waals surface area (Å²) in [4.78, 5) is 22.7. The number of carbonyl (C=O) groups excluding carboxylic acids is 1. The molecule has 1 aromatic rings. The predicted octanol–water partition coefficient (Wildman–Crippen LogP) is 1.21. The number of sulfonamides is 1. The summed E-state index contributed by atoms with van der Waals surface area (Å²) < 4.78 is 26.9. The molecule has 0 radical (unpaired) electrons. The van der Waals surface area contributed by atoms with E-state index in [-0.39, 0.29) is 4.90 Å². The molecule has 0 spiro atoms. The van der Waals surface area contributed by atoms with Crippen LogP contribution in [0.2, 0.25) is 0 Å². The van der Waals surface area contributed by atoms with Gasteiger partial charge in [0.15, 0.2) is 5.60 Å². The molecule has 150 valence electrons. The number of carbonyl (C=O) groups is 2. The number of hydrogen-bond acceptors (Lipinski definition) is 5.